The van der Waals surface area contributed by atoms with Crippen molar-refractivity contribution in [3.05, 3.63) is 72.9 Å². The molecular formula is C61H108O12S. The summed E-state index contributed by atoms with van der Waals surface area (Å²) in [5.74, 6) is -0.402. The summed E-state index contributed by atoms with van der Waals surface area (Å²) in [6, 6.07) is 0. The fourth-order valence-corrected chi connectivity index (χ4v) is 9.38. The van der Waals surface area contributed by atoms with E-state index in [9.17, 15) is 33.1 Å². The number of aliphatic hydroxyl groups excluding tert-OH is 3. The summed E-state index contributed by atoms with van der Waals surface area (Å²) in [5.41, 5.74) is 0. The maximum absolute atomic E-state index is 13.0. The van der Waals surface area contributed by atoms with Crippen molar-refractivity contribution >= 4 is 16.4 Å². The van der Waals surface area contributed by atoms with Crippen LogP contribution in [0.3, 0.4) is 0 Å². The molecule has 430 valence electrons. The zero-order valence-electron chi connectivity index (χ0n) is 46.6. The average molecular weight is 1070 g/mol. The Bertz CT molecular complexity index is 1560. The lowest BCUT2D eigenvalue weighted by Gasteiger charge is -2.41. The lowest BCUT2D eigenvalue weighted by Crippen LogP contribution is -2.60. The van der Waals surface area contributed by atoms with Gasteiger partial charge in [0, 0.05) is 13.0 Å². The van der Waals surface area contributed by atoms with Gasteiger partial charge >= 0.3 is 16.4 Å². The van der Waals surface area contributed by atoms with Crippen LogP contribution in [-0.2, 0) is 38.3 Å². The predicted molar refractivity (Wildman–Crippen MR) is 303 cm³/mol. The van der Waals surface area contributed by atoms with Crippen LogP contribution in [0.2, 0.25) is 0 Å². The molecule has 1 saturated heterocycles. The quantitative estimate of drug-likeness (QED) is 0.0196. The first-order chi connectivity index (χ1) is 36.1. The SMILES string of the molecule is CC/C=C\C/C=C\C/C=C\C/C=C\C/C=C\CCCCCCCCCCCCOCC(COC1OC(CO)C(O)C(OS(=O)(=O)O)C1O)OC(=O)CCCCCCCCCCC/C=C\CCCCCCCCCC. The van der Waals surface area contributed by atoms with Crippen molar-refractivity contribution in [2.75, 3.05) is 26.4 Å². The number of aliphatic hydroxyl groups is 3. The van der Waals surface area contributed by atoms with Crippen LogP contribution in [0.25, 0.3) is 0 Å². The third kappa shape index (κ3) is 43.6. The van der Waals surface area contributed by atoms with Gasteiger partial charge in [-0.05, 0) is 83.5 Å². The second-order valence-electron chi connectivity index (χ2n) is 20.2. The van der Waals surface area contributed by atoms with E-state index in [2.05, 4.69) is 90.9 Å². The number of rotatable bonds is 52. The Kier molecular flexibility index (Phi) is 48.2. The van der Waals surface area contributed by atoms with Crippen molar-refractivity contribution in [1.29, 1.82) is 0 Å². The van der Waals surface area contributed by atoms with E-state index in [4.69, 9.17) is 18.9 Å². The molecule has 0 bridgehead atoms. The molecule has 1 rings (SSSR count). The Morgan fingerprint density at radius 3 is 1.38 bits per heavy atom. The fourth-order valence-electron chi connectivity index (χ4n) is 8.87. The highest BCUT2D eigenvalue weighted by Crippen LogP contribution is 2.26. The van der Waals surface area contributed by atoms with Gasteiger partial charge in [-0.3, -0.25) is 9.35 Å². The Hall–Kier alpha value is -2.46. The number of ether oxygens (including phenoxy) is 4. The van der Waals surface area contributed by atoms with Gasteiger partial charge in [-0.15, -0.1) is 0 Å². The van der Waals surface area contributed by atoms with E-state index in [1.807, 2.05) is 0 Å². The van der Waals surface area contributed by atoms with Crippen LogP contribution in [0.5, 0.6) is 0 Å². The third-order valence-electron chi connectivity index (χ3n) is 13.3. The Morgan fingerprint density at radius 1 is 0.527 bits per heavy atom. The first kappa shape index (κ1) is 69.6. The van der Waals surface area contributed by atoms with Gasteiger partial charge in [0.2, 0.25) is 0 Å². The van der Waals surface area contributed by atoms with E-state index < -0.39 is 59.8 Å². The predicted octanol–water partition coefficient (Wildman–Crippen LogP) is 15.0. The molecule has 6 atom stereocenters. The molecule has 0 aromatic heterocycles. The van der Waals surface area contributed by atoms with Crippen molar-refractivity contribution in [3.8, 4) is 0 Å². The Labute approximate surface area is 451 Å². The fraction of sp³-hybridized carbons (Fsp3) is 0.787. The van der Waals surface area contributed by atoms with Crippen molar-refractivity contribution in [3.63, 3.8) is 0 Å². The van der Waals surface area contributed by atoms with E-state index in [0.29, 0.717) is 13.0 Å². The molecule has 13 heteroatoms. The lowest BCUT2D eigenvalue weighted by atomic mass is 9.99. The molecular weight excluding hydrogens is 957 g/mol. The maximum atomic E-state index is 13.0. The summed E-state index contributed by atoms with van der Waals surface area (Å²) >= 11 is 0. The van der Waals surface area contributed by atoms with Crippen LogP contribution in [-0.4, -0.2) is 97.5 Å². The van der Waals surface area contributed by atoms with Crippen molar-refractivity contribution in [2.45, 2.75) is 282 Å². The van der Waals surface area contributed by atoms with Crippen LogP contribution in [0, 0.1) is 0 Å². The van der Waals surface area contributed by atoms with Crippen LogP contribution < -0.4 is 0 Å². The van der Waals surface area contributed by atoms with Gasteiger partial charge in [-0.2, -0.15) is 8.42 Å². The summed E-state index contributed by atoms with van der Waals surface area (Å²) in [7, 11) is -5.07. The van der Waals surface area contributed by atoms with Gasteiger partial charge < -0.3 is 34.3 Å². The molecule has 0 aromatic rings. The summed E-state index contributed by atoms with van der Waals surface area (Å²) in [6.07, 6.45) is 59.4. The molecule has 4 N–H and O–H groups in total. The van der Waals surface area contributed by atoms with Crippen molar-refractivity contribution in [2.24, 2.45) is 0 Å². The number of esters is 1. The van der Waals surface area contributed by atoms with E-state index >= 15 is 0 Å². The molecule has 1 fully saturated rings. The maximum Gasteiger partial charge on any atom is 0.397 e. The average Bonchev–Trinajstić information content (AvgIpc) is 3.38. The topological polar surface area (TPSA) is 178 Å². The molecule has 12 nitrogen and oxygen atoms in total. The highest BCUT2D eigenvalue weighted by Gasteiger charge is 2.48. The number of hydrogen-bond donors (Lipinski definition) is 4. The first-order valence-electron chi connectivity index (χ1n) is 29.7. The third-order valence-corrected chi connectivity index (χ3v) is 13.8. The molecule has 0 aliphatic carbocycles. The molecule has 1 heterocycles. The van der Waals surface area contributed by atoms with Gasteiger partial charge in [-0.25, -0.2) is 4.18 Å². The van der Waals surface area contributed by atoms with E-state index in [1.54, 1.807) is 0 Å². The van der Waals surface area contributed by atoms with Crippen LogP contribution in [0.4, 0.5) is 0 Å². The molecule has 0 aromatic carbocycles. The zero-order valence-corrected chi connectivity index (χ0v) is 47.5. The summed E-state index contributed by atoms with van der Waals surface area (Å²) in [4.78, 5) is 13.0. The van der Waals surface area contributed by atoms with Gasteiger partial charge in [0.1, 0.15) is 30.5 Å². The minimum atomic E-state index is -5.07. The minimum absolute atomic E-state index is 0.0300. The highest BCUT2D eigenvalue weighted by molar-refractivity contribution is 7.80. The Balaban J connectivity index is 2.29. The second-order valence-corrected chi connectivity index (χ2v) is 21.3. The number of carbonyl (C=O) groups is 1. The molecule has 0 saturated carbocycles. The number of hydrogen-bond acceptors (Lipinski definition) is 11. The summed E-state index contributed by atoms with van der Waals surface area (Å²) in [5, 5.41) is 30.9. The van der Waals surface area contributed by atoms with Crippen LogP contribution in [0.1, 0.15) is 245 Å². The number of allylic oxidation sites excluding steroid dienone is 12. The summed E-state index contributed by atoms with van der Waals surface area (Å²) in [6.45, 7) is 3.89. The summed E-state index contributed by atoms with van der Waals surface area (Å²) < 4.78 is 59.5. The molecule has 0 amide bonds. The largest absolute Gasteiger partial charge is 0.457 e. The van der Waals surface area contributed by atoms with Gasteiger partial charge in [0.05, 0.1) is 19.8 Å². The first-order valence-corrected chi connectivity index (χ1v) is 31.1. The monoisotopic (exact) mass is 1060 g/mol. The second kappa shape index (κ2) is 51.3. The lowest BCUT2D eigenvalue weighted by molar-refractivity contribution is -0.301. The molecule has 0 spiro atoms. The number of carbonyl (C=O) groups excluding carboxylic acids is 1. The molecule has 1 aliphatic heterocycles. The van der Waals surface area contributed by atoms with Crippen molar-refractivity contribution in [1.82, 2.24) is 0 Å². The van der Waals surface area contributed by atoms with Crippen LogP contribution >= 0.6 is 0 Å². The molecule has 6 unspecified atom stereocenters. The van der Waals surface area contributed by atoms with E-state index in [0.717, 1.165) is 77.0 Å². The van der Waals surface area contributed by atoms with E-state index in [1.165, 1.54) is 141 Å². The van der Waals surface area contributed by atoms with Crippen LogP contribution in [0.15, 0.2) is 72.9 Å². The smallest absolute Gasteiger partial charge is 0.397 e. The molecule has 0 radical (unpaired) electrons. The highest BCUT2D eigenvalue weighted by atomic mass is 32.3. The van der Waals surface area contributed by atoms with E-state index in [-0.39, 0.29) is 19.6 Å². The van der Waals surface area contributed by atoms with Gasteiger partial charge in [0.15, 0.2) is 6.29 Å². The standard InChI is InChI=1S/C61H108O12S/c1-3-5-7-9-11-13-15-17-19-21-23-25-26-27-28-29-31-33-35-37-39-41-43-45-47-49-51-69-53-55(54-70-61-59(65)60(73-74(66,67)68)58(64)56(52-62)72-61)71-57(63)50-48-46-44-42-40-38-36-34-32-30-24-22-20-18-16-14-12-10-8-6-4-2/h5,7,11,13,17,19,22-25,27-28,55-56,58-62,64-65H,3-4,6,8-10,12,14-16,18,20-21,26,29-54H2,1-2H3,(H,66,67,68)/b7-5-,13-11-,19-17-,24-22-,25-23-,28-27-. The number of unbranched alkanes of at least 4 members (excludes halogenated alkanes) is 27. The Morgan fingerprint density at radius 2 is 0.932 bits per heavy atom. The normalized spacial score (nSPS) is 19.2. The van der Waals surface area contributed by atoms with Crippen molar-refractivity contribution < 1.29 is 56.2 Å². The minimum Gasteiger partial charge on any atom is -0.457 e. The molecule has 74 heavy (non-hydrogen) atoms. The van der Waals surface area contributed by atoms with Gasteiger partial charge in [0.25, 0.3) is 0 Å². The zero-order chi connectivity index (χ0) is 53.8. The molecule has 1 aliphatic rings. The van der Waals surface area contributed by atoms with Gasteiger partial charge in [-0.1, -0.05) is 228 Å².